The Bertz CT molecular complexity index is 663. The molecular formula is C20H26N2O2. The van der Waals surface area contributed by atoms with E-state index in [-0.39, 0.29) is 11.5 Å². The molecule has 0 radical (unpaired) electrons. The number of carbonyl (C=O) groups excluding carboxylic acids is 1. The van der Waals surface area contributed by atoms with E-state index in [1.165, 1.54) is 0 Å². The van der Waals surface area contributed by atoms with Crippen LogP contribution in [-0.4, -0.2) is 11.5 Å². The zero-order chi connectivity index (χ0) is 17.6. The molecule has 1 amide bonds. The number of hydrogen-bond acceptors (Lipinski definition) is 3. The first-order valence-corrected chi connectivity index (χ1v) is 8.14. The van der Waals surface area contributed by atoms with Crippen molar-refractivity contribution in [2.24, 2.45) is 5.73 Å². The molecule has 128 valence electrons. The molecular weight excluding hydrogens is 300 g/mol. The molecule has 2 aromatic carbocycles. The number of ether oxygens (including phenoxy) is 1. The summed E-state index contributed by atoms with van der Waals surface area (Å²) in [6.45, 7) is 7.24. The second-order valence-corrected chi connectivity index (χ2v) is 6.85. The van der Waals surface area contributed by atoms with Gasteiger partial charge in [-0.05, 0) is 37.5 Å². The maximum absolute atomic E-state index is 11.7. The standard InChI is InChI=1S/C20H26N2O2/c1-20(2,3)24-14-16-9-7-8-15(12-16)13-22-18(19(21)23)17-10-5-4-6-11-17/h4-12,18,22H,13-14H2,1-3H3,(H2,21,23)/t18-/m0/s1. The molecule has 0 spiro atoms. The molecule has 24 heavy (non-hydrogen) atoms. The zero-order valence-corrected chi connectivity index (χ0v) is 14.6. The highest BCUT2D eigenvalue weighted by Crippen LogP contribution is 2.15. The number of primary amides is 1. The minimum atomic E-state index is -0.499. The number of nitrogens with one attached hydrogen (secondary N) is 1. The molecule has 3 N–H and O–H groups in total. The summed E-state index contributed by atoms with van der Waals surface area (Å²) in [5.41, 5.74) is 8.44. The predicted octanol–water partition coefficient (Wildman–Crippen LogP) is 3.32. The highest BCUT2D eigenvalue weighted by Gasteiger charge is 2.16. The van der Waals surface area contributed by atoms with E-state index in [1.54, 1.807) is 0 Å². The number of rotatable bonds is 7. The Kier molecular flexibility index (Phi) is 6.12. The van der Waals surface area contributed by atoms with Gasteiger partial charge in [-0.25, -0.2) is 0 Å². The van der Waals surface area contributed by atoms with Gasteiger partial charge in [0, 0.05) is 6.54 Å². The molecule has 0 aliphatic carbocycles. The fraction of sp³-hybridized carbons (Fsp3) is 0.350. The Morgan fingerprint density at radius 3 is 2.38 bits per heavy atom. The highest BCUT2D eigenvalue weighted by molar-refractivity contribution is 5.81. The summed E-state index contributed by atoms with van der Waals surface area (Å²) in [4.78, 5) is 11.7. The fourth-order valence-electron chi connectivity index (χ4n) is 2.38. The topological polar surface area (TPSA) is 64.3 Å². The lowest BCUT2D eigenvalue weighted by Gasteiger charge is -2.20. The number of nitrogens with two attached hydrogens (primary N) is 1. The van der Waals surface area contributed by atoms with Crippen LogP contribution in [0.25, 0.3) is 0 Å². The molecule has 0 aromatic heterocycles. The SMILES string of the molecule is CC(C)(C)OCc1cccc(CN[C@H](C(N)=O)c2ccccc2)c1. The Labute approximate surface area is 144 Å². The summed E-state index contributed by atoms with van der Waals surface area (Å²) in [6, 6.07) is 17.2. The monoisotopic (exact) mass is 326 g/mol. The lowest BCUT2D eigenvalue weighted by Crippen LogP contribution is -2.33. The molecule has 0 saturated carbocycles. The van der Waals surface area contributed by atoms with Crippen molar-refractivity contribution in [2.45, 2.75) is 45.6 Å². The molecule has 0 aliphatic rings. The molecule has 0 unspecified atom stereocenters. The van der Waals surface area contributed by atoms with Gasteiger partial charge in [0.05, 0.1) is 12.2 Å². The fourth-order valence-corrected chi connectivity index (χ4v) is 2.38. The average molecular weight is 326 g/mol. The molecule has 2 aromatic rings. The molecule has 2 rings (SSSR count). The Balaban J connectivity index is 2.01. The summed E-state index contributed by atoms with van der Waals surface area (Å²) in [5.74, 6) is -0.381. The van der Waals surface area contributed by atoms with E-state index < -0.39 is 6.04 Å². The number of amides is 1. The molecule has 4 nitrogen and oxygen atoms in total. The third kappa shape index (κ3) is 5.80. The predicted molar refractivity (Wildman–Crippen MR) is 96.2 cm³/mol. The summed E-state index contributed by atoms with van der Waals surface area (Å²) >= 11 is 0. The number of benzene rings is 2. The summed E-state index contributed by atoms with van der Waals surface area (Å²) in [6.07, 6.45) is 0. The van der Waals surface area contributed by atoms with Gasteiger partial charge in [-0.1, -0.05) is 54.6 Å². The highest BCUT2D eigenvalue weighted by atomic mass is 16.5. The van der Waals surface area contributed by atoms with Crippen molar-refractivity contribution in [2.75, 3.05) is 0 Å². The van der Waals surface area contributed by atoms with Crippen LogP contribution in [0.3, 0.4) is 0 Å². The first-order valence-electron chi connectivity index (χ1n) is 8.14. The maximum Gasteiger partial charge on any atom is 0.239 e. The first-order chi connectivity index (χ1) is 11.3. The summed E-state index contributed by atoms with van der Waals surface area (Å²) in [7, 11) is 0. The molecule has 0 aliphatic heterocycles. The summed E-state index contributed by atoms with van der Waals surface area (Å²) in [5, 5.41) is 3.24. The van der Waals surface area contributed by atoms with Crippen molar-refractivity contribution < 1.29 is 9.53 Å². The molecule has 0 bridgehead atoms. The molecule has 0 saturated heterocycles. The molecule has 0 heterocycles. The van der Waals surface area contributed by atoms with Crippen LogP contribution in [0.1, 0.15) is 43.5 Å². The summed E-state index contributed by atoms with van der Waals surface area (Å²) < 4.78 is 5.81. The first kappa shape index (κ1) is 18.2. The van der Waals surface area contributed by atoms with E-state index in [1.807, 2.05) is 69.3 Å². The van der Waals surface area contributed by atoms with Gasteiger partial charge in [0.1, 0.15) is 6.04 Å². The maximum atomic E-state index is 11.7. The lowest BCUT2D eigenvalue weighted by atomic mass is 10.1. The van der Waals surface area contributed by atoms with Gasteiger partial charge in [0.25, 0.3) is 0 Å². The second-order valence-electron chi connectivity index (χ2n) is 6.85. The van der Waals surface area contributed by atoms with Crippen LogP contribution in [0.5, 0.6) is 0 Å². The van der Waals surface area contributed by atoms with Crippen molar-refractivity contribution in [3.63, 3.8) is 0 Å². The minimum Gasteiger partial charge on any atom is -0.371 e. The van der Waals surface area contributed by atoms with E-state index in [0.29, 0.717) is 13.2 Å². The van der Waals surface area contributed by atoms with Gasteiger partial charge in [0.15, 0.2) is 0 Å². The normalized spacial score (nSPS) is 12.8. The Morgan fingerprint density at radius 1 is 1.08 bits per heavy atom. The lowest BCUT2D eigenvalue weighted by molar-refractivity contribution is -0.120. The quantitative estimate of drug-likeness (QED) is 0.820. The van der Waals surface area contributed by atoms with Crippen LogP contribution in [0.4, 0.5) is 0 Å². The Hall–Kier alpha value is -2.17. The van der Waals surface area contributed by atoms with Crippen molar-refractivity contribution >= 4 is 5.91 Å². The minimum absolute atomic E-state index is 0.168. The van der Waals surface area contributed by atoms with Gasteiger partial charge in [-0.15, -0.1) is 0 Å². The van der Waals surface area contributed by atoms with Crippen molar-refractivity contribution in [3.05, 3.63) is 71.3 Å². The van der Waals surface area contributed by atoms with Crippen molar-refractivity contribution in [3.8, 4) is 0 Å². The van der Waals surface area contributed by atoms with Crippen LogP contribution in [-0.2, 0) is 22.7 Å². The van der Waals surface area contributed by atoms with E-state index in [0.717, 1.165) is 16.7 Å². The van der Waals surface area contributed by atoms with Crippen molar-refractivity contribution in [1.29, 1.82) is 0 Å². The Morgan fingerprint density at radius 2 is 1.75 bits per heavy atom. The molecule has 4 heteroatoms. The van der Waals surface area contributed by atoms with E-state index >= 15 is 0 Å². The van der Waals surface area contributed by atoms with Crippen LogP contribution in [0.2, 0.25) is 0 Å². The third-order valence-electron chi connectivity index (χ3n) is 3.59. The zero-order valence-electron chi connectivity index (χ0n) is 14.6. The molecule has 1 atom stereocenters. The number of hydrogen-bond donors (Lipinski definition) is 2. The van der Waals surface area contributed by atoms with Crippen LogP contribution >= 0.6 is 0 Å². The molecule has 0 fully saturated rings. The van der Waals surface area contributed by atoms with Gasteiger partial charge in [-0.3, -0.25) is 10.1 Å². The van der Waals surface area contributed by atoms with E-state index in [9.17, 15) is 4.79 Å². The van der Waals surface area contributed by atoms with Crippen LogP contribution in [0.15, 0.2) is 54.6 Å². The van der Waals surface area contributed by atoms with E-state index in [2.05, 4.69) is 11.4 Å². The van der Waals surface area contributed by atoms with E-state index in [4.69, 9.17) is 10.5 Å². The largest absolute Gasteiger partial charge is 0.371 e. The van der Waals surface area contributed by atoms with Crippen LogP contribution < -0.4 is 11.1 Å². The van der Waals surface area contributed by atoms with Gasteiger partial charge in [0.2, 0.25) is 5.91 Å². The smallest absolute Gasteiger partial charge is 0.239 e. The average Bonchev–Trinajstić information content (AvgIpc) is 2.54. The van der Waals surface area contributed by atoms with Gasteiger partial charge in [-0.2, -0.15) is 0 Å². The second kappa shape index (κ2) is 8.08. The van der Waals surface area contributed by atoms with Crippen molar-refractivity contribution in [1.82, 2.24) is 5.32 Å². The van der Waals surface area contributed by atoms with Gasteiger partial charge < -0.3 is 10.5 Å². The number of carbonyl (C=O) groups is 1. The van der Waals surface area contributed by atoms with Crippen LogP contribution in [0, 0.1) is 0 Å². The third-order valence-corrected chi connectivity index (χ3v) is 3.59. The van der Waals surface area contributed by atoms with Gasteiger partial charge >= 0.3 is 0 Å².